The van der Waals surface area contributed by atoms with Crippen molar-refractivity contribution >= 4 is 33.8 Å². The number of hydrogen-bond acceptors (Lipinski definition) is 5. The van der Waals surface area contributed by atoms with Gasteiger partial charge in [0.2, 0.25) is 0 Å². The molecule has 1 heterocycles. The average molecular weight is 375 g/mol. The Morgan fingerprint density at radius 2 is 1.92 bits per heavy atom. The Labute approximate surface area is 152 Å². The van der Waals surface area contributed by atoms with Gasteiger partial charge in [-0.2, -0.15) is 0 Å². The number of amides is 1. The van der Waals surface area contributed by atoms with E-state index in [0.29, 0.717) is 21.5 Å². The second-order valence-corrected chi connectivity index (χ2v) is 6.37. The SMILES string of the molecule is COc1cccc(Nc2nc(C)c(C(=O)Nc3ccc(F)c(F)c3)s2)c1. The number of aryl methyl sites for hydroxylation is 1. The monoisotopic (exact) mass is 375 g/mol. The number of carbonyl (C=O) groups excluding carboxylic acids is 1. The minimum Gasteiger partial charge on any atom is -0.497 e. The third-order valence-corrected chi connectivity index (χ3v) is 4.57. The lowest BCUT2D eigenvalue weighted by molar-refractivity contribution is 0.103. The fourth-order valence-corrected chi connectivity index (χ4v) is 3.13. The zero-order valence-corrected chi connectivity index (χ0v) is 14.8. The number of carbonyl (C=O) groups is 1. The number of benzene rings is 2. The lowest BCUT2D eigenvalue weighted by atomic mass is 10.3. The maximum atomic E-state index is 13.3. The van der Waals surface area contributed by atoms with Crippen LogP contribution in [0.5, 0.6) is 5.75 Å². The van der Waals surface area contributed by atoms with Gasteiger partial charge in [0.1, 0.15) is 10.6 Å². The maximum Gasteiger partial charge on any atom is 0.267 e. The first-order valence-corrected chi connectivity index (χ1v) is 8.43. The summed E-state index contributed by atoms with van der Waals surface area (Å²) >= 11 is 1.16. The lowest BCUT2D eigenvalue weighted by Crippen LogP contribution is -2.11. The van der Waals surface area contributed by atoms with E-state index in [1.807, 2.05) is 18.2 Å². The van der Waals surface area contributed by atoms with Crippen molar-refractivity contribution in [3.63, 3.8) is 0 Å². The first-order chi connectivity index (χ1) is 12.5. The van der Waals surface area contributed by atoms with E-state index in [1.165, 1.54) is 6.07 Å². The number of halogens is 2. The fraction of sp³-hybridized carbons (Fsp3) is 0.111. The van der Waals surface area contributed by atoms with Crippen LogP contribution in [0.1, 0.15) is 15.4 Å². The fourth-order valence-electron chi connectivity index (χ4n) is 2.25. The van der Waals surface area contributed by atoms with Gasteiger partial charge in [0, 0.05) is 23.5 Å². The zero-order valence-electron chi connectivity index (χ0n) is 14.0. The van der Waals surface area contributed by atoms with E-state index in [1.54, 1.807) is 20.1 Å². The van der Waals surface area contributed by atoms with Crippen LogP contribution in [-0.2, 0) is 0 Å². The van der Waals surface area contributed by atoms with Gasteiger partial charge in [-0.3, -0.25) is 4.79 Å². The van der Waals surface area contributed by atoms with E-state index in [0.717, 1.165) is 29.2 Å². The van der Waals surface area contributed by atoms with Crippen LogP contribution in [0.25, 0.3) is 0 Å². The highest BCUT2D eigenvalue weighted by atomic mass is 32.1. The summed E-state index contributed by atoms with van der Waals surface area (Å²) in [7, 11) is 1.58. The van der Waals surface area contributed by atoms with Gasteiger partial charge in [-0.05, 0) is 31.2 Å². The molecule has 3 rings (SSSR count). The van der Waals surface area contributed by atoms with Gasteiger partial charge in [-0.15, -0.1) is 0 Å². The summed E-state index contributed by atoms with van der Waals surface area (Å²) < 4.78 is 31.4. The summed E-state index contributed by atoms with van der Waals surface area (Å²) in [5, 5.41) is 6.19. The van der Waals surface area contributed by atoms with Gasteiger partial charge in [0.05, 0.1) is 12.8 Å². The van der Waals surface area contributed by atoms with E-state index in [-0.39, 0.29) is 5.69 Å². The summed E-state index contributed by atoms with van der Waals surface area (Å²) in [6.45, 7) is 1.70. The zero-order chi connectivity index (χ0) is 18.7. The maximum absolute atomic E-state index is 13.3. The molecular formula is C18H15F2N3O2S. The highest BCUT2D eigenvalue weighted by molar-refractivity contribution is 7.17. The molecule has 0 atom stereocenters. The number of thiazole rings is 1. The molecule has 0 unspecified atom stereocenters. The molecule has 5 nitrogen and oxygen atoms in total. The average Bonchev–Trinajstić information content (AvgIpc) is 2.98. The van der Waals surface area contributed by atoms with Crippen LogP contribution in [0.2, 0.25) is 0 Å². The summed E-state index contributed by atoms with van der Waals surface area (Å²) in [5.74, 6) is -1.74. The lowest BCUT2D eigenvalue weighted by Gasteiger charge is -2.05. The van der Waals surface area contributed by atoms with Gasteiger partial charge < -0.3 is 15.4 Å². The van der Waals surface area contributed by atoms with Gasteiger partial charge in [0.15, 0.2) is 16.8 Å². The molecule has 0 spiro atoms. The van der Waals surface area contributed by atoms with Crippen LogP contribution >= 0.6 is 11.3 Å². The predicted octanol–water partition coefficient (Wildman–Crippen LogP) is 4.73. The second-order valence-electron chi connectivity index (χ2n) is 5.37. The Morgan fingerprint density at radius 3 is 2.65 bits per heavy atom. The number of rotatable bonds is 5. The number of nitrogens with zero attached hydrogens (tertiary/aromatic N) is 1. The molecule has 0 aliphatic heterocycles. The summed E-state index contributed by atoms with van der Waals surface area (Å²) in [5.41, 5.74) is 1.47. The highest BCUT2D eigenvalue weighted by Gasteiger charge is 2.16. The number of anilines is 3. The largest absolute Gasteiger partial charge is 0.497 e. The Bertz CT molecular complexity index is 959. The van der Waals surface area contributed by atoms with Crippen LogP contribution in [0.4, 0.5) is 25.3 Å². The Hall–Kier alpha value is -3.00. The molecule has 0 aliphatic rings. The molecule has 0 saturated carbocycles. The van der Waals surface area contributed by atoms with Crippen LogP contribution in [0, 0.1) is 18.6 Å². The van der Waals surface area contributed by atoms with Crippen molar-refractivity contribution in [2.75, 3.05) is 17.7 Å². The molecule has 3 aromatic rings. The molecule has 1 aromatic heterocycles. The van der Waals surface area contributed by atoms with Crippen molar-refractivity contribution in [3.8, 4) is 5.75 Å². The van der Waals surface area contributed by atoms with Crippen molar-refractivity contribution in [1.29, 1.82) is 0 Å². The molecule has 0 saturated heterocycles. The molecule has 0 aliphatic carbocycles. The Balaban J connectivity index is 1.76. The third kappa shape index (κ3) is 3.97. The van der Waals surface area contributed by atoms with E-state index >= 15 is 0 Å². The molecule has 2 aromatic carbocycles. The number of hydrogen-bond donors (Lipinski definition) is 2. The first-order valence-electron chi connectivity index (χ1n) is 7.61. The standard InChI is InChI=1S/C18H15F2N3O2S/c1-10-16(17(24)22-12-6-7-14(19)15(20)9-12)26-18(21-10)23-11-4-3-5-13(8-11)25-2/h3-9H,1-2H3,(H,21,23)(H,22,24). The molecule has 26 heavy (non-hydrogen) atoms. The molecule has 0 radical (unpaired) electrons. The van der Waals surface area contributed by atoms with E-state index in [4.69, 9.17) is 4.74 Å². The number of aromatic nitrogens is 1. The molecule has 134 valence electrons. The second kappa shape index (κ2) is 7.49. The van der Waals surface area contributed by atoms with Crippen LogP contribution in [0.3, 0.4) is 0 Å². The van der Waals surface area contributed by atoms with E-state index in [9.17, 15) is 13.6 Å². The molecule has 0 bridgehead atoms. The number of methoxy groups -OCH3 is 1. The molecule has 2 N–H and O–H groups in total. The van der Waals surface area contributed by atoms with Crippen molar-refractivity contribution in [2.45, 2.75) is 6.92 Å². The smallest absolute Gasteiger partial charge is 0.267 e. The van der Waals surface area contributed by atoms with E-state index < -0.39 is 17.5 Å². The molecule has 0 fully saturated rings. The highest BCUT2D eigenvalue weighted by Crippen LogP contribution is 2.28. The molecular weight excluding hydrogens is 360 g/mol. The Morgan fingerprint density at radius 1 is 1.12 bits per heavy atom. The first kappa shape index (κ1) is 17.8. The third-order valence-electron chi connectivity index (χ3n) is 3.50. The van der Waals surface area contributed by atoms with Gasteiger partial charge >= 0.3 is 0 Å². The minimum absolute atomic E-state index is 0.170. The topological polar surface area (TPSA) is 63.2 Å². The minimum atomic E-state index is -1.02. The summed E-state index contributed by atoms with van der Waals surface area (Å²) in [6.07, 6.45) is 0. The van der Waals surface area contributed by atoms with Crippen LogP contribution in [0.15, 0.2) is 42.5 Å². The molecule has 1 amide bonds. The molecule has 8 heteroatoms. The van der Waals surface area contributed by atoms with Crippen molar-refractivity contribution in [3.05, 3.63) is 64.7 Å². The van der Waals surface area contributed by atoms with Crippen LogP contribution < -0.4 is 15.4 Å². The van der Waals surface area contributed by atoms with E-state index in [2.05, 4.69) is 15.6 Å². The van der Waals surface area contributed by atoms with Gasteiger partial charge in [0.25, 0.3) is 5.91 Å². The predicted molar refractivity (Wildman–Crippen MR) is 97.4 cm³/mol. The van der Waals surface area contributed by atoms with Crippen LogP contribution in [-0.4, -0.2) is 18.0 Å². The van der Waals surface area contributed by atoms with Gasteiger partial charge in [-0.25, -0.2) is 13.8 Å². The van der Waals surface area contributed by atoms with Gasteiger partial charge in [-0.1, -0.05) is 17.4 Å². The van der Waals surface area contributed by atoms with Crippen molar-refractivity contribution < 1.29 is 18.3 Å². The number of nitrogens with one attached hydrogen (secondary N) is 2. The van der Waals surface area contributed by atoms with Crippen molar-refractivity contribution in [2.24, 2.45) is 0 Å². The Kier molecular flexibility index (Phi) is 5.13. The van der Waals surface area contributed by atoms with Crippen molar-refractivity contribution in [1.82, 2.24) is 4.98 Å². The number of ether oxygens (including phenoxy) is 1. The quantitative estimate of drug-likeness (QED) is 0.676. The summed E-state index contributed by atoms with van der Waals surface area (Å²) in [6, 6.07) is 10.5. The normalized spacial score (nSPS) is 10.5. The summed E-state index contributed by atoms with van der Waals surface area (Å²) in [4.78, 5) is 17.1.